The van der Waals surface area contributed by atoms with Crippen LogP contribution < -0.4 is 10.6 Å². The lowest BCUT2D eigenvalue weighted by atomic mass is 10.1. The third-order valence-corrected chi connectivity index (χ3v) is 4.09. The van der Waals surface area contributed by atoms with E-state index in [1.807, 2.05) is 23.0 Å². The summed E-state index contributed by atoms with van der Waals surface area (Å²) >= 11 is 0. The molecule has 0 radical (unpaired) electrons. The van der Waals surface area contributed by atoms with E-state index < -0.39 is 0 Å². The Labute approximate surface area is 119 Å². The van der Waals surface area contributed by atoms with Gasteiger partial charge in [0.15, 0.2) is 11.5 Å². The summed E-state index contributed by atoms with van der Waals surface area (Å²) in [6.07, 6.45) is 9.76. The minimum Gasteiger partial charge on any atom is -0.369 e. The number of anilines is 2. The zero-order chi connectivity index (χ0) is 13.9. The van der Waals surface area contributed by atoms with E-state index in [2.05, 4.69) is 34.4 Å². The first kappa shape index (κ1) is 13.2. The normalized spacial score (nSPS) is 22.3. The minimum atomic E-state index is 0.768. The van der Waals surface area contributed by atoms with Crippen molar-refractivity contribution < 1.29 is 0 Å². The van der Waals surface area contributed by atoms with Crippen LogP contribution in [0.5, 0.6) is 0 Å². The maximum atomic E-state index is 4.64. The smallest absolute Gasteiger partial charge is 0.180 e. The topological polar surface area (TPSA) is 54.2 Å². The molecule has 2 aromatic rings. The van der Waals surface area contributed by atoms with Gasteiger partial charge in [-0.1, -0.05) is 13.3 Å². The van der Waals surface area contributed by atoms with Crippen molar-refractivity contribution in [2.75, 3.05) is 23.7 Å². The molecule has 2 atom stereocenters. The highest BCUT2D eigenvalue weighted by atomic mass is 15.1. The van der Waals surface area contributed by atoms with E-state index in [-0.39, 0.29) is 0 Å². The van der Waals surface area contributed by atoms with Gasteiger partial charge < -0.3 is 15.0 Å². The Bertz CT molecular complexity index is 577. The lowest BCUT2D eigenvalue weighted by molar-refractivity contribution is 0.536. The first-order valence-corrected chi connectivity index (χ1v) is 7.57. The third kappa shape index (κ3) is 2.71. The average Bonchev–Trinajstić information content (AvgIpc) is 3.05. The number of hydrogen-bond acceptors (Lipinski definition) is 4. The quantitative estimate of drug-likeness (QED) is 0.879. The maximum absolute atomic E-state index is 4.64. The summed E-state index contributed by atoms with van der Waals surface area (Å²) in [6, 6.07) is 0. The van der Waals surface area contributed by atoms with Crippen LogP contribution in [0.1, 0.15) is 33.1 Å². The van der Waals surface area contributed by atoms with Gasteiger partial charge in [0.25, 0.3) is 0 Å². The molecule has 20 heavy (non-hydrogen) atoms. The number of aromatic nitrogens is 3. The molecule has 5 heteroatoms. The van der Waals surface area contributed by atoms with Crippen molar-refractivity contribution in [1.82, 2.24) is 14.4 Å². The van der Waals surface area contributed by atoms with Crippen LogP contribution in [0.3, 0.4) is 0 Å². The number of imidazole rings is 1. The van der Waals surface area contributed by atoms with Crippen molar-refractivity contribution in [3.63, 3.8) is 0 Å². The molecule has 1 saturated carbocycles. The van der Waals surface area contributed by atoms with E-state index in [0.717, 1.165) is 42.2 Å². The zero-order valence-electron chi connectivity index (χ0n) is 12.3. The molecule has 0 aromatic carbocycles. The summed E-state index contributed by atoms with van der Waals surface area (Å²) in [6.45, 7) is 6.28. The third-order valence-electron chi connectivity index (χ3n) is 4.09. The molecule has 0 bridgehead atoms. The van der Waals surface area contributed by atoms with E-state index in [0.29, 0.717) is 0 Å². The van der Waals surface area contributed by atoms with Crippen LogP contribution in [0.2, 0.25) is 0 Å². The van der Waals surface area contributed by atoms with Gasteiger partial charge in [0.1, 0.15) is 5.82 Å². The number of nitrogens with one attached hydrogen (secondary N) is 2. The lowest BCUT2D eigenvalue weighted by Gasteiger charge is -2.13. The first-order chi connectivity index (χ1) is 9.76. The average molecular weight is 273 g/mol. The molecule has 0 amide bonds. The van der Waals surface area contributed by atoms with Crippen LogP contribution in [-0.4, -0.2) is 27.5 Å². The molecular formula is C15H23N5. The van der Waals surface area contributed by atoms with Crippen molar-refractivity contribution in [1.29, 1.82) is 0 Å². The van der Waals surface area contributed by atoms with Crippen molar-refractivity contribution in [2.45, 2.75) is 33.1 Å². The molecule has 1 fully saturated rings. The Kier molecular flexibility index (Phi) is 3.76. The fraction of sp³-hybridized carbons (Fsp3) is 0.600. The van der Waals surface area contributed by atoms with Gasteiger partial charge in [-0.25, -0.2) is 9.97 Å². The van der Waals surface area contributed by atoms with Crippen LogP contribution in [-0.2, 0) is 0 Å². The molecule has 2 unspecified atom stereocenters. The predicted molar refractivity (Wildman–Crippen MR) is 82.1 cm³/mol. The Morgan fingerprint density at radius 2 is 2.25 bits per heavy atom. The van der Waals surface area contributed by atoms with Gasteiger partial charge in [-0.3, -0.25) is 0 Å². The molecule has 2 heterocycles. The fourth-order valence-corrected chi connectivity index (χ4v) is 3.07. The van der Waals surface area contributed by atoms with Crippen LogP contribution >= 0.6 is 0 Å². The van der Waals surface area contributed by atoms with Crippen molar-refractivity contribution in [3.8, 4) is 0 Å². The van der Waals surface area contributed by atoms with Crippen LogP contribution in [0.15, 0.2) is 18.6 Å². The van der Waals surface area contributed by atoms with Crippen molar-refractivity contribution in [2.24, 2.45) is 11.8 Å². The summed E-state index contributed by atoms with van der Waals surface area (Å²) < 4.78 is 2.02. The summed E-state index contributed by atoms with van der Waals surface area (Å²) in [7, 11) is 0. The molecule has 0 aliphatic heterocycles. The Morgan fingerprint density at radius 1 is 1.35 bits per heavy atom. The first-order valence-electron chi connectivity index (χ1n) is 7.57. The Morgan fingerprint density at radius 3 is 3.00 bits per heavy atom. The van der Waals surface area contributed by atoms with Crippen LogP contribution in [0.25, 0.3) is 5.65 Å². The van der Waals surface area contributed by atoms with Gasteiger partial charge in [0, 0.05) is 25.5 Å². The van der Waals surface area contributed by atoms with Gasteiger partial charge in [0.2, 0.25) is 0 Å². The summed E-state index contributed by atoms with van der Waals surface area (Å²) in [5.74, 6) is 3.41. The minimum absolute atomic E-state index is 0.768. The molecular weight excluding hydrogens is 250 g/mol. The van der Waals surface area contributed by atoms with Crippen molar-refractivity contribution in [3.05, 3.63) is 18.6 Å². The van der Waals surface area contributed by atoms with Crippen LogP contribution in [0, 0.1) is 11.8 Å². The van der Waals surface area contributed by atoms with Gasteiger partial charge >= 0.3 is 0 Å². The highest BCUT2D eigenvalue weighted by molar-refractivity contribution is 5.65. The zero-order valence-corrected chi connectivity index (χ0v) is 12.3. The summed E-state index contributed by atoms with van der Waals surface area (Å²) in [4.78, 5) is 9.03. The van der Waals surface area contributed by atoms with E-state index in [1.54, 1.807) is 0 Å². The number of fused-ring (bicyclic) bond motifs is 1. The monoisotopic (exact) mass is 273 g/mol. The highest BCUT2D eigenvalue weighted by Crippen LogP contribution is 2.30. The second kappa shape index (κ2) is 5.69. The predicted octanol–water partition coefficient (Wildman–Crippen LogP) is 3.01. The molecule has 0 spiro atoms. The Hall–Kier alpha value is -1.78. The summed E-state index contributed by atoms with van der Waals surface area (Å²) in [5.41, 5.74) is 0.901. The molecule has 1 aliphatic rings. The molecule has 3 rings (SSSR count). The van der Waals surface area contributed by atoms with Gasteiger partial charge in [-0.2, -0.15) is 0 Å². The molecule has 2 aromatic heterocycles. The molecule has 0 saturated heterocycles. The van der Waals surface area contributed by atoms with Crippen molar-refractivity contribution >= 4 is 17.3 Å². The van der Waals surface area contributed by atoms with Crippen LogP contribution in [0.4, 0.5) is 11.6 Å². The number of nitrogens with zero attached hydrogens (tertiary/aromatic N) is 3. The Balaban J connectivity index is 1.76. The molecule has 5 nitrogen and oxygen atoms in total. The second-order valence-corrected chi connectivity index (χ2v) is 5.83. The molecule has 2 N–H and O–H groups in total. The van der Waals surface area contributed by atoms with Gasteiger partial charge in [0.05, 0.1) is 6.20 Å². The highest BCUT2D eigenvalue weighted by Gasteiger charge is 2.21. The SMILES string of the molecule is CCNc1cn2ccnc2c(NCC2CCC(C)C2)n1. The number of rotatable bonds is 5. The van der Waals surface area contributed by atoms with Gasteiger partial charge in [-0.05, 0) is 31.6 Å². The van der Waals surface area contributed by atoms with E-state index >= 15 is 0 Å². The summed E-state index contributed by atoms with van der Waals surface area (Å²) in [5, 5.41) is 6.77. The largest absolute Gasteiger partial charge is 0.369 e. The van der Waals surface area contributed by atoms with Gasteiger partial charge in [-0.15, -0.1) is 0 Å². The lowest BCUT2D eigenvalue weighted by Crippen LogP contribution is -2.14. The molecule has 1 aliphatic carbocycles. The van der Waals surface area contributed by atoms with E-state index in [4.69, 9.17) is 0 Å². The van der Waals surface area contributed by atoms with E-state index in [9.17, 15) is 0 Å². The second-order valence-electron chi connectivity index (χ2n) is 5.83. The maximum Gasteiger partial charge on any atom is 0.180 e. The fourth-order valence-electron chi connectivity index (χ4n) is 3.07. The number of hydrogen-bond donors (Lipinski definition) is 2. The molecule has 108 valence electrons. The standard InChI is InChI=1S/C15H23N5/c1-3-16-13-10-20-7-6-17-15(20)14(19-13)18-9-12-5-4-11(2)8-12/h6-7,10-12,16H,3-5,8-9H2,1-2H3,(H,18,19). The van der Waals surface area contributed by atoms with E-state index in [1.165, 1.54) is 19.3 Å².